The van der Waals surface area contributed by atoms with Gasteiger partial charge in [-0.3, -0.25) is 4.84 Å². The van der Waals surface area contributed by atoms with Crippen LogP contribution in [0.1, 0.15) is 33.2 Å². The smallest absolute Gasteiger partial charge is 0.369 e. The van der Waals surface area contributed by atoms with E-state index in [1.807, 2.05) is 0 Å². The number of hydrogen-bond donors (Lipinski definition) is 1. The largest absolute Gasteiger partial charge is 0.478 e. The quantitative estimate of drug-likeness (QED) is 0.213. The van der Waals surface area contributed by atoms with Gasteiger partial charge in [-0.2, -0.15) is 0 Å². The number of allylic oxidation sites excluding steroid dienone is 1. The molecule has 0 fully saturated rings. The van der Waals surface area contributed by atoms with Gasteiger partial charge in [-0.15, -0.1) is 4.91 Å². The minimum atomic E-state index is -1.14. The molecular weight excluding hydrogens is 358 g/mol. The second-order valence-corrected chi connectivity index (χ2v) is 5.42. The molecule has 136 valence electrons. The first-order valence-electron chi connectivity index (χ1n) is 7.53. The molecule has 9 heteroatoms. The maximum absolute atomic E-state index is 12.2. The third-order valence-corrected chi connectivity index (χ3v) is 3.74. The van der Waals surface area contributed by atoms with Crippen LogP contribution in [0.3, 0.4) is 0 Å². The number of benzene rings is 2. The molecule has 9 nitrogen and oxygen atoms in total. The van der Waals surface area contributed by atoms with Crippen molar-refractivity contribution >= 4 is 23.5 Å². The molecule has 1 aliphatic heterocycles. The van der Waals surface area contributed by atoms with Gasteiger partial charge in [0.2, 0.25) is 0 Å². The van der Waals surface area contributed by atoms with Crippen molar-refractivity contribution in [3.63, 3.8) is 0 Å². The summed E-state index contributed by atoms with van der Waals surface area (Å²) in [5.41, 5.74) is 0.504. The van der Waals surface area contributed by atoms with E-state index in [1.54, 1.807) is 0 Å². The van der Waals surface area contributed by atoms with Gasteiger partial charge >= 0.3 is 17.9 Å². The van der Waals surface area contributed by atoms with E-state index in [2.05, 4.69) is 10.2 Å². The van der Waals surface area contributed by atoms with Gasteiger partial charge in [0.05, 0.1) is 11.1 Å². The number of aromatic carboxylic acids is 1. The lowest BCUT2D eigenvalue weighted by molar-refractivity contribution is -0.127. The second kappa shape index (κ2) is 7.08. The lowest BCUT2D eigenvalue weighted by Crippen LogP contribution is -2.06. The molecule has 0 radical (unpaired) electrons. The van der Waals surface area contributed by atoms with Crippen molar-refractivity contribution in [2.75, 3.05) is 0 Å². The summed E-state index contributed by atoms with van der Waals surface area (Å²) in [7, 11) is 0. The number of ether oxygens (including phenoxy) is 2. The molecule has 0 spiro atoms. The van der Waals surface area contributed by atoms with Crippen molar-refractivity contribution in [3.8, 4) is 11.5 Å². The van der Waals surface area contributed by atoms with Crippen molar-refractivity contribution in [2.24, 2.45) is 5.34 Å². The van der Waals surface area contributed by atoms with Crippen LogP contribution in [0.25, 0.3) is 5.57 Å². The number of carboxylic acids is 1. The highest BCUT2D eigenvalue weighted by Gasteiger charge is 2.31. The summed E-state index contributed by atoms with van der Waals surface area (Å²) in [6, 6.07) is 9.63. The number of carbonyl (C=O) groups excluding carboxylic acids is 2. The average Bonchev–Trinajstić information content (AvgIpc) is 2.97. The zero-order valence-electron chi connectivity index (χ0n) is 13.8. The van der Waals surface area contributed by atoms with E-state index in [-0.39, 0.29) is 28.2 Å². The van der Waals surface area contributed by atoms with E-state index in [0.717, 1.165) is 0 Å². The first-order valence-corrected chi connectivity index (χ1v) is 7.53. The highest BCUT2D eigenvalue weighted by atomic mass is 16.7. The van der Waals surface area contributed by atoms with Gasteiger partial charge in [0.1, 0.15) is 22.8 Å². The summed E-state index contributed by atoms with van der Waals surface area (Å²) in [6.45, 7) is 1.53. The van der Waals surface area contributed by atoms with Crippen molar-refractivity contribution in [3.05, 3.63) is 69.8 Å². The first-order chi connectivity index (χ1) is 12.9. The lowest BCUT2D eigenvalue weighted by Gasteiger charge is -2.08. The Labute approximate surface area is 151 Å². The highest BCUT2D eigenvalue weighted by Crippen LogP contribution is 2.37. The summed E-state index contributed by atoms with van der Waals surface area (Å²) in [5, 5.41) is 11.2. The van der Waals surface area contributed by atoms with Crippen LogP contribution in [0.15, 0.2) is 53.6 Å². The Morgan fingerprint density at radius 2 is 1.74 bits per heavy atom. The zero-order chi connectivity index (χ0) is 19.6. The Morgan fingerprint density at radius 3 is 2.37 bits per heavy atom. The van der Waals surface area contributed by atoms with Gasteiger partial charge < -0.3 is 14.6 Å². The monoisotopic (exact) mass is 369 g/mol. The van der Waals surface area contributed by atoms with Crippen LogP contribution in [-0.4, -0.2) is 23.0 Å². The van der Waals surface area contributed by atoms with E-state index in [1.165, 1.54) is 49.4 Å². The van der Waals surface area contributed by atoms with Crippen molar-refractivity contribution in [1.29, 1.82) is 0 Å². The molecule has 2 aromatic carbocycles. The van der Waals surface area contributed by atoms with E-state index in [0.29, 0.717) is 11.3 Å². The fourth-order valence-electron chi connectivity index (χ4n) is 2.52. The van der Waals surface area contributed by atoms with Crippen LogP contribution < -0.4 is 9.47 Å². The molecule has 2 aromatic rings. The minimum absolute atomic E-state index is 0.00371. The van der Waals surface area contributed by atoms with E-state index in [4.69, 9.17) is 14.6 Å². The molecule has 1 aliphatic rings. The molecule has 0 atom stereocenters. The molecule has 0 saturated carbocycles. The first kappa shape index (κ1) is 17.8. The van der Waals surface area contributed by atoms with Crippen molar-refractivity contribution < 1.29 is 33.8 Å². The van der Waals surface area contributed by atoms with Gasteiger partial charge in [-0.1, -0.05) is 0 Å². The number of esters is 1. The summed E-state index contributed by atoms with van der Waals surface area (Å²) in [5.74, 6) is -1.99. The number of carbonyl (C=O) groups is 3. The molecule has 3 rings (SSSR count). The molecule has 0 unspecified atom stereocenters. The van der Waals surface area contributed by atoms with Gasteiger partial charge in [-0.25, -0.2) is 14.4 Å². The fraction of sp³-hybridized carbons (Fsp3) is 0.0556. The molecule has 0 bridgehead atoms. The maximum atomic E-state index is 12.2. The third-order valence-electron chi connectivity index (χ3n) is 3.74. The average molecular weight is 369 g/mol. The Bertz CT molecular complexity index is 991. The Balaban J connectivity index is 1.90. The number of rotatable bonds is 5. The molecule has 1 N–H and O–H groups in total. The Hall–Kier alpha value is -4.01. The van der Waals surface area contributed by atoms with Gasteiger partial charge in [0, 0.05) is 5.56 Å². The van der Waals surface area contributed by atoms with Crippen LogP contribution in [0.4, 0.5) is 0 Å². The SMILES string of the molecule is CC(Oc1ccc(C(=O)ON=O)cc1)=C1C(=O)Oc2ccc(C(=O)O)cc21. The highest BCUT2D eigenvalue weighted by molar-refractivity contribution is 6.22. The summed E-state index contributed by atoms with van der Waals surface area (Å²) in [6.07, 6.45) is 0. The van der Waals surface area contributed by atoms with Gasteiger partial charge in [0.15, 0.2) is 5.34 Å². The second-order valence-electron chi connectivity index (χ2n) is 5.42. The minimum Gasteiger partial charge on any atom is -0.478 e. The number of carboxylic acid groups (broad SMARTS) is 1. The van der Waals surface area contributed by atoms with E-state index >= 15 is 0 Å². The predicted octanol–water partition coefficient (Wildman–Crippen LogP) is 2.95. The summed E-state index contributed by atoms with van der Waals surface area (Å²) >= 11 is 0. The Morgan fingerprint density at radius 1 is 1.07 bits per heavy atom. The zero-order valence-corrected chi connectivity index (χ0v) is 13.8. The predicted molar refractivity (Wildman–Crippen MR) is 89.9 cm³/mol. The third kappa shape index (κ3) is 3.52. The Kier molecular flexibility index (Phi) is 4.67. The van der Waals surface area contributed by atoms with Crippen molar-refractivity contribution in [2.45, 2.75) is 6.92 Å². The topological polar surface area (TPSA) is 129 Å². The normalized spacial score (nSPS) is 14.0. The van der Waals surface area contributed by atoms with Crippen LogP contribution >= 0.6 is 0 Å². The number of nitrogens with zero attached hydrogens (tertiary/aromatic N) is 1. The summed E-state index contributed by atoms with van der Waals surface area (Å²) in [4.78, 5) is 48.6. The fourth-order valence-corrected chi connectivity index (χ4v) is 2.52. The van der Waals surface area contributed by atoms with Crippen molar-refractivity contribution in [1.82, 2.24) is 0 Å². The maximum Gasteiger partial charge on any atom is 0.369 e. The van der Waals surface area contributed by atoms with Crippen LogP contribution in [0.5, 0.6) is 11.5 Å². The number of hydrogen-bond acceptors (Lipinski definition) is 8. The molecule has 1 heterocycles. The van der Waals surface area contributed by atoms with E-state index in [9.17, 15) is 19.3 Å². The van der Waals surface area contributed by atoms with Gasteiger partial charge in [-0.05, 0) is 49.4 Å². The molecular formula is C18H11NO8. The lowest BCUT2D eigenvalue weighted by atomic mass is 10.0. The molecule has 0 aromatic heterocycles. The van der Waals surface area contributed by atoms with Crippen LogP contribution in [-0.2, 0) is 9.63 Å². The molecule has 0 saturated heterocycles. The molecule has 0 amide bonds. The van der Waals surface area contributed by atoms with E-state index < -0.39 is 17.9 Å². The molecule has 27 heavy (non-hydrogen) atoms. The number of fused-ring (bicyclic) bond motifs is 1. The van der Waals surface area contributed by atoms with Crippen LogP contribution in [0, 0.1) is 4.91 Å². The molecule has 0 aliphatic carbocycles. The standard InChI is InChI=1S/C18H11NO8/c1-9(25-12-5-2-10(3-6-12)17(22)27-19-24)15-13-8-11(16(20)21)4-7-14(13)26-18(15)23/h2-8H,1H3,(H,20,21). The summed E-state index contributed by atoms with van der Waals surface area (Å²) < 4.78 is 10.7. The van der Waals surface area contributed by atoms with Gasteiger partial charge in [0.25, 0.3) is 0 Å². The van der Waals surface area contributed by atoms with Crippen LogP contribution in [0.2, 0.25) is 0 Å².